The van der Waals surface area contributed by atoms with Crippen LogP contribution in [0.25, 0.3) is 111 Å². The van der Waals surface area contributed by atoms with Crippen LogP contribution in [0.4, 0.5) is 105 Å². The van der Waals surface area contributed by atoms with Crippen LogP contribution in [0.2, 0.25) is 0 Å². The third kappa shape index (κ3) is 12.1. The van der Waals surface area contributed by atoms with Crippen molar-refractivity contribution in [3.8, 4) is 73.1 Å². The van der Waals surface area contributed by atoms with Crippen LogP contribution in [-0.4, -0.2) is 9.13 Å². The molecule has 12 aromatic rings. The molecule has 12 rings (SSSR count). The minimum Gasteiger partial charge on any atom is -0.308 e. The molecule has 0 atom stereocenters. The van der Waals surface area contributed by atoms with Crippen molar-refractivity contribution in [3.05, 3.63) is 237 Å². The summed E-state index contributed by atoms with van der Waals surface area (Å²) < 4.78 is 358. The molecule has 502 valence electrons. The Kier molecular flexibility index (Phi) is 15.8. The minimum atomic E-state index is -5.76. The summed E-state index contributed by atoms with van der Waals surface area (Å²) in [5, 5.41) is 11.5. The summed E-state index contributed by atoms with van der Waals surface area (Å²) in [5.41, 5.74) is -24.2. The normalized spacial score (nSPS) is 13.2. The van der Waals surface area contributed by atoms with Crippen LogP contribution in [0.5, 0.6) is 0 Å². The molecule has 0 bridgehead atoms. The van der Waals surface area contributed by atoms with Crippen LogP contribution in [0.3, 0.4) is 0 Å². The maximum absolute atomic E-state index is 15.7. The summed E-state index contributed by atoms with van der Waals surface area (Å²) in [5.74, 6) is 0. The first-order valence-electron chi connectivity index (χ1n) is 28.4. The highest BCUT2D eigenvalue weighted by atomic mass is 19.4. The molecule has 0 saturated heterocycles. The van der Waals surface area contributed by atoms with Crippen LogP contribution >= 0.6 is 0 Å². The van der Waals surface area contributed by atoms with Crippen molar-refractivity contribution in [2.45, 2.75) is 63.3 Å². The molecule has 0 N–H and O–H groups in total. The molecule has 0 saturated carbocycles. The first-order valence-corrected chi connectivity index (χ1v) is 28.4. The van der Waals surface area contributed by atoms with E-state index in [1.165, 1.54) is 38.1 Å². The highest BCUT2D eigenvalue weighted by Gasteiger charge is 2.43. The number of benzene rings is 10. The Bertz CT molecular complexity index is 5020. The Morgan fingerprint density at radius 3 is 0.724 bits per heavy atom. The maximum Gasteiger partial charge on any atom is 0.417 e. The van der Waals surface area contributed by atoms with Crippen molar-refractivity contribution in [1.29, 1.82) is 5.26 Å². The molecule has 98 heavy (non-hydrogen) atoms. The van der Waals surface area contributed by atoms with Gasteiger partial charge < -0.3 is 9.13 Å². The number of hydrogen-bond donors (Lipinski definition) is 0. The number of fused-ring (bicyclic) bond motifs is 6. The lowest BCUT2D eigenvalue weighted by Gasteiger charge is -2.21. The molecule has 0 aliphatic carbocycles. The van der Waals surface area contributed by atoms with Crippen molar-refractivity contribution >= 4 is 43.6 Å². The van der Waals surface area contributed by atoms with Crippen molar-refractivity contribution in [2.75, 3.05) is 0 Å². The third-order valence-corrected chi connectivity index (χ3v) is 16.7. The molecule has 0 aliphatic heterocycles. The first-order chi connectivity index (χ1) is 45.4. The van der Waals surface area contributed by atoms with E-state index in [9.17, 15) is 44.8 Å². The van der Waals surface area contributed by atoms with Crippen LogP contribution < -0.4 is 0 Å². The van der Waals surface area contributed by atoms with Crippen molar-refractivity contribution in [2.24, 2.45) is 0 Å². The number of aryl methyl sites for hydroxylation is 2. The predicted octanol–water partition coefficient (Wildman–Crippen LogP) is 24.9. The van der Waals surface area contributed by atoms with Crippen LogP contribution in [-0.2, 0) is 49.4 Å². The SMILES string of the molecule is Cc1ccc(-c2ccc3c4ccc(-c5ccc(C(F)(F)F)cc5C(F)(F)F)cc4n(-c4cc(-c5ccc(C(F)(F)F)cc5C(F)(F)F)cc(-n5c6cc(-c7ccc(C)cc7C(F)(F)F)ccc6c6ccc(-c7ccc(C(F)(F)F)cc7C(F)(F)F)cc65)c4C#N)c3c2)c(C(F)(F)F)c1. The van der Waals surface area contributed by atoms with Gasteiger partial charge in [0.15, 0.2) is 0 Å². The highest BCUT2D eigenvalue weighted by molar-refractivity contribution is 6.13. The number of rotatable bonds is 7. The molecule has 0 fully saturated rings. The fourth-order valence-corrected chi connectivity index (χ4v) is 12.4. The Hall–Kier alpha value is -10.4. The number of nitriles is 1. The van der Waals surface area contributed by atoms with Gasteiger partial charge in [-0.15, -0.1) is 0 Å². The summed E-state index contributed by atoms with van der Waals surface area (Å²) in [6.45, 7) is 2.64. The van der Waals surface area contributed by atoms with E-state index in [1.54, 1.807) is 0 Å². The molecule has 2 heterocycles. The largest absolute Gasteiger partial charge is 0.417 e. The fraction of sp³-hybridized carbons (Fsp3) is 0.141. The zero-order valence-corrected chi connectivity index (χ0v) is 49.2. The standard InChI is InChI=1S/C71H35F24N3/c1-33-3-12-43(53(21-33)67(81,82)83)35-5-14-48-50-16-7-37(45-18-9-40(64(72,73)74)29-55(45)69(87,88)89)25-60(50)97(58(48)23-35)62-27-39(47-20-11-42(66(78,79)80)31-57(47)71(93,94)95)28-63(52(62)32-96)98-59-24-36(44-13-4-34(2)22-54(44)68(84,85)86)6-15-49(59)51-17-8-38(26-61(51)98)46-19-10-41(65(75,76)77)30-56(46)70(90,91)92/h3-31H,1-2H3. The second-order valence-electron chi connectivity index (χ2n) is 23.0. The lowest BCUT2D eigenvalue weighted by atomic mass is 9.94. The highest BCUT2D eigenvalue weighted by Crippen LogP contribution is 2.51. The molecule has 10 aromatic carbocycles. The maximum atomic E-state index is 15.7. The van der Waals surface area contributed by atoms with E-state index in [0.717, 1.165) is 106 Å². The van der Waals surface area contributed by atoms with Crippen LogP contribution in [0.1, 0.15) is 61.2 Å². The molecule has 0 spiro atoms. The van der Waals surface area contributed by atoms with E-state index in [0.29, 0.717) is 30.3 Å². The summed E-state index contributed by atoms with van der Waals surface area (Å²) >= 11 is 0. The van der Waals surface area contributed by atoms with E-state index in [1.807, 2.05) is 6.07 Å². The van der Waals surface area contributed by atoms with E-state index in [-0.39, 0.29) is 79.1 Å². The van der Waals surface area contributed by atoms with Gasteiger partial charge in [-0.2, -0.15) is 111 Å². The molecule has 0 aliphatic rings. The van der Waals surface area contributed by atoms with Crippen molar-refractivity contribution < 1.29 is 105 Å². The zero-order valence-electron chi connectivity index (χ0n) is 49.2. The number of hydrogen-bond acceptors (Lipinski definition) is 1. The van der Waals surface area contributed by atoms with Gasteiger partial charge in [0.25, 0.3) is 0 Å². The third-order valence-electron chi connectivity index (χ3n) is 16.7. The van der Waals surface area contributed by atoms with E-state index in [4.69, 9.17) is 0 Å². The van der Waals surface area contributed by atoms with Gasteiger partial charge in [-0.05, 0) is 154 Å². The molecule has 0 amide bonds. The Morgan fingerprint density at radius 1 is 0.255 bits per heavy atom. The van der Waals surface area contributed by atoms with E-state index < -0.39 is 166 Å². The van der Waals surface area contributed by atoms with Crippen LogP contribution in [0, 0.1) is 25.2 Å². The average Bonchev–Trinajstić information content (AvgIpc) is 1.54. The lowest BCUT2D eigenvalue weighted by molar-refractivity contribution is -0.144. The van der Waals surface area contributed by atoms with Gasteiger partial charge in [-0.25, -0.2) is 0 Å². The predicted molar refractivity (Wildman–Crippen MR) is 317 cm³/mol. The topological polar surface area (TPSA) is 33.6 Å². The van der Waals surface area contributed by atoms with Crippen molar-refractivity contribution in [1.82, 2.24) is 9.13 Å². The smallest absolute Gasteiger partial charge is 0.308 e. The molecular formula is C71H35F24N3. The lowest BCUT2D eigenvalue weighted by Crippen LogP contribution is -2.13. The Labute approximate surface area is 535 Å². The summed E-state index contributed by atoms with van der Waals surface area (Å²) in [6, 6.07) is 23.8. The summed E-state index contributed by atoms with van der Waals surface area (Å²) in [7, 11) is 0. The first kappa shape index (κ1) is 67.6. The molecule has 0 unspecified atom stereocenters. The van der Waals surface area contributed by atoms with Crippen LogP contribution in [0.15, 0.2) is 176 Å². The molecule has 27 heteroatoms. The van der Waals surface area contributed by atoms with Gasteiger partial charge in [-0.1, -0.05) is 102 Å². The van der Waals surface area contributed by atoms with Gasteiger partial charge in [0.05, 0.1) is 77.9 Å². The second-order valence-corrected chi connectivity index (χ2v) is 23.0. The Morgan fingerprint density at radius 2 is 0.490 bits per heavy atom. The fourth-order valence-electron chi connectivity index (χ4n) is 12.4. The molecular weight excluding hydrogens is 1350 g/mol. The van der Waals surface area contributed by atoms with Gasteiger partial charge in [-0.3, -0.25) is 0 Å². The number of halogens is 24. The van der Waals surface area contributed by atoms with Gasteiger partial charge in [0.1, 0.15) is 11.6 Å². The minimum absolute atomic E-state index is 0.0810. The summed E-state index contributed by atoms with van der Waals surface area (Å²) in [6.07, 6.45) is -43.3. The molecule has 0 radical (unpaired) electrons. The Balaban J connectivity index is 1.30. The number of alkyl halides is 24. The van der Waals surface area contributed by atoms with Gasteiger partial charge >= 0.3 is 49.4 Å². The molecule has 3 nitrogen and oxygen atoms in total. The van der Waals surface area contributed by atoms with Gasteiger partial charge in [0, 0.05) is 21.5 Å². The van der Waals surface area contributed by atoms with E-state index in [2.05, 4.69) is 0 Å². The average molecular weight is 1390 g/mol. The van der Waals surface area contributed by atoms with E-state index >= 15 is 65.9 Å². The quantitative estimate of drug-likeness (QED) is 0.146. The molecule has 2 aromatic heterocycles. The monoisotopic (exact) mass is 1390 g/mol. The number of aromatic nitrogens is 2. The second kappa shape index (κ2) is 22.9. The van der Waals surface area contributed by atoms with Gasteiger partial charge in [0.2, 0.25) is 0 Å². The number of nitrogens with zero attached hydrogens (tertiary/aromatic N) is 3. The van der Waals surface area contributed by atoms with Crippen molar-refractivity contribution in [3.63, 3.8) is 0 Å². The zero-order chi connectivity index (χ0) is 71.3. The summed E-state index contributed by atoms with van der Waals surface area (Å²) in [4.78, 5) is 0.